The molecule has 0 saturated heterocycles. The fourth-order valence-corrected chi connectivity index (χ4v) is 6.76. The summed E-state index contributed by atoms with van der Waals surface area (Å²) in [7, 11) is -1.53. The van der Waals surface area contributed by atoms with Crippen molar-refractivity contribution in [3.8, 4) is 0 Å². The summed E-state index contributed by atoms with van der Waals surface area (Å²) in [4.78, 5) is 0. The van der Waals surface area contributed by atoms with E-state index in [1.165, 1.54) is 193 Å². The van der Waals surface area contributed by atoms with Gasteiger partial charge in [-0.2, -0.15) is 0 Å². The van der Waals surface area contributed by atoms with E-state index in [-0.39, 0.29) is 0 Å². The van der Waals surface area contributed by atoms with Crippen LogP contribution in [0.15, 0.2) is 0 Å². The molecule has 0 N–H and O–H groups in total. The van der Waals surface area contributed by atoms with Crippen LogP contribution in [0.25, 0.3) is 0 Å². The molecular formula is C38H80OSi. The number of rotatable bonds is 32. The van der Waals surface area contributed by atoms with Gasteiger partial charge in [-0.25, -0.2) is 0 Å². The molecule has 242 valence electrons. The van der Waals surface area contributed by atoms with Gasteiger partial charge in [-0.15, -0.1) is 0 Å². The lowest BCUT2D eigenvalue weighted by Gasteiger charge is -2.36. The van der Waals surface area contributed by atoms with Gasteiger partial charge in [-0.05, 0) is 24.6 Å². The van der Waals surface area contributed by atoms with E-state index >= 15 is 0 Å². The normalized spacial score (nSPS) is 12.4. The molecule has 0 saturated carbocycles. The Hall–Kier alpha value is 0.177. The fourth-order valence-electron chi connectivity index (χ4n) is 5.67. The Morgan fingerprint density at radius 3 is 0.750 bits per heavy atom. The Bertz CT molecular complexity index is 480. The summed E-state index contributed by atoms with van der Waals surface area (Å²) in [5.74, 6) is 0. The summed E-state index contributed by atoms with van der Waals surface area (Å²) in [6.45, 7) is 15.0. The summed E-state index contributed by atoms with van der Waals surface area (Å²) in [6, 6.07) is 0. The van der Waals surface area contributed by atoms with Crippen LogP contribution in [0.2, 0.25) is 18.1 Å². The SMILES string of the molecule is CCCCCCCCCCCCCCCCCCCCCCCCCCCCCCCCO[Si](C)(C)C(C)(C)C. The Morgan fingerprint density at radius 1 is 0.350 bits per heavy atom. The average molecular weight is 581 g/mol. The lowest BCUT2D eigenvalue weighted by molar-refractivity contribution is 0.277. The number of unbranched alkanes of at least 4 members (excludes halogenated alkanes) is 29. The molecule has 2 heteroatoms. The van der Waals surface area contributed by atoms with Crippen molar-refractivity contribution in [3.63, 3.8) is 0 Å². The van der Waals surface area contributed by atoms with Crippen LogP contribution in [0.3, 0.4) is 0 Å². The Morgan fingerprint density at radius 2 is 0.550 bits per heavy atom. The van der Waals surface area contributed by atoms with Gasteiger partial charge in [0, 0.05) is 6.61 Å². The summed E-state index contributed by atoms with van der Waals surface area (Å²) in [5, 5.41) is 0.345. The summed E-state index contributed by atoms with van der Waals surface area (Å²) in [5.41, 5.74) is 0. The molecule has 0 aromatic carbocycles. The Kier molecular flexibility index (Phi) is 29.4. The van der Waals surface area contributed by atoms with Crippen LogP contribution in [-0.4, -0.2) is 14.9 Å². The van der Waals surface area contributed by atoms with Crippen molar-refractivity contribution in [1.82, 2.24) is 0 Å². The van der Waals surface area contributed by atoms with Gasteiger partial charge in [0.1, 0.15) is 0 Å². The van der Waals surface area contributed by atoms with Crippen molar-refractivity contribution in [1.29, 1.82) is 0 Å². The van der Waals surface area contributed by atoms with Crippen LogP contribution in [0.5, 0.6) is 0 Å². The average Bonchev–Trinajstić information content (AvgIpc) is 2.91. The van der Waals surface area contributed by atoms with Gasteiger partial charge < -0.3 is 4.43 Å². The van der Waals surface area contributed by atoms with E-state index in [1.54, 1.807) is 0 Å². The predicted molar refractivity (Wildman–Crippen MR) is 187 cm³/mol. The second kappa shape index (κ2) is 29.3. The van der Waals surface area contributed by atoms with Crippen molar-refractivity contribution in [3.05, 3.63) is 0 Å². The maximum absolute atomic E-state index is 6.30. The maximum Gasteiger partial charge on any atom is 0.191 e. The van der Waals surface area contributed by atoms with Crippen molar-refractivity contribution in [2.75, 3.05) is 6.61 Å². The number of hydrogen-bond acceptors (Lipinski definition) is 1. The zero-order valence-electron chi connectivity index (χ0n) is 29.3. The lowest BCUT2D eigenvalue weighted by atomic mass is 10.0. The molecule has 0 atom stereocenters. The van der Waals surface area contributed by atoms with Crippen LogP contribution >= 0.6 is 0 Å². The van der Waals surface area contributed by atoms with E-state index in [0.29, 0.717) is 5.04 Å². The van der Waals surface area contributed by atoms with Crippen LogP contribution in [-0.2, 0) is 4.43 Å². The predicted octanol–water partition coefficient (Wildman–Crippen LogP) is 14.7. The van der Waals surface area contributed by atoms with E-state index in [4.69, 9.17) is 4.43 Å². The molecule has 0 aromatic rings. The van der Waals surface area contributed by atoms with E-state index in [2.05, 4.69) is 40.8 Å². The topological polar surface area (TPSA) is 9.23 Å². The van der Waals surface area contributed by atoms with Crippen LogP contribution in [0.4, 0.5) is 0 Å². The van der Waals surface area contributed by atoms with Gasteiger partial charge in [0.15, 0.2) is 8.32 Å². The monoisotopic (exact) mass is 581 g/mol. The van der Waals surface area contributed by atoms with Gasteiger partial charge in [0.2, 0.25) is 0 Å². The van der Waals surface area contributed by atoms with Gasteiger partial charge >= 0.3 is 0 Å². The molecule has 0 spiro atoms. The van der Waals surface area contributed by atoms with Crippen LogP contribution in [0.1, 0.15) is 220 Å². The highest BCUT2D eigenvalue weighted by Crippen LogP contribution is 2.36. The third-order valence-electron chi connectivity index (χ3n) is 9.77. The van der Waals surface area contributed by atoms with Gasteiger partial charge in [0.05, 0.1) is 0 Å². The lowest BCUT2D eigenvalue weighted by Crippen LogP contribution is -2.40. The molecule has 0 amide bonds. The van der Waals surface area contributed by atoms with Crippen molar-refractivity contribution in [2.45, 2.75) is 238 Å². The van der Waals surface area contributed by atoms with E-state index in [9.17, 15) is 0 Å². The molecule has 0 radical (unpaired) electrons. The standard InChI is InChI=1S/C38H80OSi/c1-7-8-9-10-11-12-13-14-15-16-17-18-19-20-21-22-23-24-25-26-27-28-29-30-31-32-33-34-35-36-37-39-40(5,6)38(2,3)4/h7-37H2,1-6H3. The van der Waals surface area contributed by atoms with Gasteiger partial charge in [-0.3, -0.25) is 0 Å². The summed E-state index contributed by atoms with van der Waals surface area (Å²) >= 11 is 0. The first-order valence-electron chi connectivity index (χ1n) is 18.9. The maximum atomic E-state index is 6.30. The third-order valence-corrected chi connectivity index (χ3v) is 14.3. The van der Waals surface area contributed by atoms with Crippen LogP contribution < -0.4 is 0 Å². The Balaban J connectivity index is 3.12. The first kappa shape index (κ1) is 40.2. The first-order chi connectivity index (χ1) is 19.3. The molecule has 40 heavy (non-hydrogen) atoms. The third kappa shape index (κ3) is 28.3. The smallest absolute Gasteiger partial charge is 0.191 e. The molecule has 0 aliphatic rings. The zero-order valence-corrected chi connectivity index (χ0v) is 30.3. The molecule has 1 nitrogen and oxygen atoms in total. The highest BCUT2D eigenvalue weighted by atomic mass is 28.4. The molecular weight excluding hydrogens is 501 g/mol. The molecule has 0 aliphatic carbocycles. The van der Waals surface area contributed by atoms with E-state index in [1.807, 2.05) is 0 Å². The minimum Gasteiger partial charge on any atom is -0.417 e. The molecule has 0 unspecified atom stereocenters. The van der Waals surface area contributed by atoms with Crippen LogP contribution in [0, 0.1) is 0 Å². The quantitative estimate of drug-likeness (QED) is 0.0568. The van der Waals surface area contributed by atoms with Crippen molar-refractivity contribution in [2.24, 2.45) is 0 Å². The minimum absolute atomic E-state index is 0.345. The first-order valence-corrected chi connectivity index (χ1v) is 21.9. The molecule has 0 aliphatic heterocycles. The molecule has 0 heterocycles. The van der Waals surface area contributed by atoms with Crippen molar-refractivity contribution < 1.29 is 4.43 Å². The van der Waals surface area contributed by atoms with Crippen molar-refractivity contribution >= 4 is 8.32 Å². The summed E-state index contributed by atoms with van der Waals surface area (Å²) < 4.78 is 6.30. The highest BCUT2D eigenvalue weighted by molar-refractivity contribution is 6.74. The second-order valence-electron chi connectivity index (χ2n) is 14.9. The minimum atomic E-state index is -1.53. The number of hydrogen-bond donors (Lipinski definition) is 0. The highest BCUT2D eigenvalue weighted by Gasteiger charge is 2.36. The zero-order chi connectivity index (χ0) is 29.6. The largest absolute Gasteiger partial charge is 0.417 e. The second-order valence-corrected chi connectivity index (χ2v) is 19.7. The molecule has 0 rings (SSSR count). The van der Waals surface area contributed by atoms with Gasteiger partial charge in [0.25, 0.3) is 0 Å². The molecule has 0 bridgehead atoms. The van der Waals surface area contributed by atoms with E-state index < -0.39 is 8.32 Å². The van der Waals surface area contributed by atoms with E-state index in [0.717, 1.165) is 6.61 Å². The fraction of sp³-hybridized carbons (Fsp3) is 1.00. The molecule has 0 aromatic heterocycles. The summed E-state index contributed by atoms with van der Waals surface area (Å²) in [6.07, 6.45) is 43.8. The molecule has 0 fully saturated rings. The Labute approximate surface area is 257 Å². The van der Waals surface area contributed by atoms with Gasteiger partial charge in [-0.1, -0.05) is 214 Å².